The Morgan fingerprint density at radius 3 is 1.12 bits per heavy atom. The molecule has 0 saturated heterocycles. The van der Waals surface area contributed by atoms with E-state index < -0.39 is 0 Å². The normalized spacial score (nSPS) is 8.59. The van der Waals surface area contributed by atoms with Gasteiger partial charge in [0.15, 0.2) is 0 Å². The minimum atomic E-state index is 0. The summed E-state index contributed by atoms with van der Waals surface area (Å²) in [5.74, 6) is 0. The molecule has 0 amide bonds. The molecule has 0 bridgehead atoms. The fourth-order valence-corrected chi connectivity index (χ4v) is 1.75. The molecule has 0 heterocycles. The van der Waals surface area contributed by atoms with Gasteiger partial charge in [0.05, 0.1) is 0 Å². The van der Waals surface area contributed by atoms with Gasteiger partial charge in [0.1, 0.15) is 0 Å². The molecule has 2 aromatic carbocycles. The van der Waals surface area contributed by atoms with Crippen molar-refractivity contribution in [2.24, 2.45) is 0 Å². The Labute approximate surface area is 142 Å². The Bertz CT molecular complexity index is 378. The Morgan fingerprint density at radius 2 is 0.941 bits per heavy atom. The molecule has 0 atom stereocenters. The minimum absolute atomic E-state index is 0. The molecule has 0 radical (unpaired) electrons. The van der Waals surface area contributed by atoms with Crippen LogP contribution >= 0.6 is 31.9 Å². The van der Waals surface area contributed by atoms with Crippen molar-refractivity contribution in [3.05, 3.63) is 57.5 Å². The summed E-state index contributed by atoms with van der Waals surface area (Å²) in [5.41, 5.74) is 0. The number of hydrogen-bond acceptors (Lipinski definition) is 2. The van der Waals surface area contributed by atoms with E-state index in [9.17, 15) is 0 Å². The van der Waals surface area contributed by atoms with Gasteiger partial charge in [-0.15, -0.1) is 0 Å². The molecule has 84 valence electrons. The number of rotatable bonds is 0. The van der Waals surface area contributed by atoms with Crippen molar-refractivity contribution in [1.82, 2.24) is 0 Å². The third-order valence-electron chi connectivity index (χ3n) is 1.67. The van der Waals surface area contributed by atoms with Gasteiger partial charge >= 0.3 is 19.5 Å². The van der Waals surface area contributed by atoms with E-state index in [0.717, 1.165) is 18.7 Å². The quantitative estimate of drug-likeness (QED) is 0.429. The zero-order valence-electron chi connectivity index (χ0n) is 8.90. The predicted molar refractivity (Wildman–Crippen MR) is 79.5 cm³/mol. The van der Waals surface area contributed by atoms with Crippen molar-refractivity contribution >= 4 is 57.1 Å². The molecular weight excluding hydrogens is 433 g/mol. The third kappa shape index (κ3) is 6.83. The Kier molecular flexibility index (Phi) is 9.66. The van der Waals surface area contributed by atoms with Crippen molar-refractivity contribution in [2.75, 3.05) is 0 Å². The van der Waals surface area contributed by atoms with Crippen molar-refractivity contribution in [1.29, 1.82) is 0 Å². The Hall–Kier alpha value is 0.463. The van der Waals surface area contributed by atoms with Gasteiger partial charge in [-0.25, -0.2) is 0 Å². The maximum Gasteiger partial charge on any atom is 2.00 e. The van der Waals surface area contributed by atoms with Crippen LogP contribution in [0.5, 0.6) is 0 Å². The molecule has 0 fully saturated rings. The van der Waals surface area contributed by atoms with E-state index in [4.69, 9.17) is 25.3 Å². The van der Waals surface area contributed by atoms with Gasteiger partial charge in [0.2, 0.25) is 0 Å². The van der Waals surface area contributed by atoms with Crippen LogP contribution in [0.2, 0.25) is 0 Å². The van der Waals surface area contributed by atoms with Gasteiger partial charge in [0.25, 0.3) is 0 Å². The van der Waals surface area contributed by atoms with E-state index in [0.29, 0.717) is 0 Å². The van der Waals surface area contributed by atoms with E-state index in [1.165, 1.54) is 0 Å². The number of halogens is 2. The average Bonchev–Trinajstić information content (AvgIpc) is 2.28. The summed E-state index contributed by atoms with van der Waals surface area (Å²) in [6.07, 6.45) is 0. The third-order valence-corrected chi connectivity index (χ3v) is 4.29. The first-order chi connectivity index (χ1) is 7.61. The average molecular weight is 442 g/mol. The maximum atomic E-state index is 4.91. The van der Waals surface area contributed by atoms with Crippen LogP contribution in [-0.2, 0) is 44.7 Å². The molecule has 0 saturated carbocycles. The van der Waals surface area contributed by atoms with Gasteiger partial charge in [0, 0.05) is 0 Å². The molecule has 2 rings (SSSR count). The molecule has 17 heavy (non-hydrogen) atoms. The van der Waals surface area contributed by atoms with Crippen LogP contribution in [0, 0.1) is 0 Å². The van der Waals surface area contributed by atoms with Crippen molar-refractivity contribution in [3.63, 3.8) is 0 Å². The number of hydrogen-bond donors (Lipinski definition) is 0. The molecule has 0 nitrogen and oxygen atoms in total. The van der Waals surface area contributed by atoms with Gasteiger partial charge in [-0.2, -0.15) is 9.79 Å². The fraction of sp³-hybridized carbons (Fsp3) is 0. The van der Waals surface area contributed by atoms with Crippen LogP contribution in [0.1, 0.15) is 0 Å². The summed E-state index contributed by atoms with van der Waals surface area (Å²) in [6, 6.07) is 15.4. The summed E-state index contributed by atoms with van der Waals surface area (Å²) in [4.78, 5) is 1.74. The smallest absolute Gasteiger partial charge is 0.779 e. The van der Waals surface area contributed by atoms with E-state index in [-0.39, 0.29) is 19.5 Å². The summed E-state index contributed by atoms with van der Waals surface area (Å²) >= 11 is 16.4. The van der Waals surface area contributed by atoms with Gasteiger partial charge in [-0.3, -0.25) is 0 Å². The summed E-state index contributed by atoms with van der Waals surface area (Å²) < 4.78 is 1.99. The topological polar surface area (TPSA) is 0 Å². The first-order valence-electron chi connectivity index (χ1n) is 4.44. The molecule has 0 spiro atoms. The monoisotopic (exact) mass is 438 g/mol. The van der Waals surface area contributed by atoms with Crippen molar-refractivity contribution in [3.8, 4) is 0 Å². The van der Waals surface area contributed by atoms with Crippen molar-refractivity contribution in [2.45, 2.75) is 9.79 Å². The van der Waals surface area contributed by atoms with Crippen LogP contribution < -0.4 is 0 Å². The molecule has 0 aromatic heterocycles. The maximum absolute atomic E-state index is 4.91. The van der Waals surface area contributed by atoms with Crippen LogP contribution in [0.4, 0.5) is 0 Å². The summed E-state index contributed by atoms with van der Waals surface area (Å²) in [5, 5.41) is 0. The van der Waals surface area contributed by atoms with E-state index in [1.807, 2.05) is 48.5 Å². The van der Waals surface area contributed by atoms with Gasteiger partial charge in [-0.05, 0) is 21.1 Å². The van der Waals surface area contributed by atoms with Crippen LogP contribution in [-0.4, -0.2) is 0 Å². The predicted octanol–water partition coefficient (Wildman–Crippen LogP) is 4.71. The fourth-order valence-electron chi connectivity index (χ4n) is 0.889. The molecule has 0 aliphatic carbocycles. The second kappa shape index (κ2) is 9.40. The van der Waals surface area contributed by atoms with Crippen molar-refractivity contribution < 1.29 is 19.5 Å². The second-order valence-electron chi connectivity index (χ2n) is 2.86. The largest absolute Gasteiger partial charge is 2.00 e. The van der Waals surface area contributed by atoms with E-state index in [1.54, 1.807) is 0 Å². The molecule has 0 aliphatic heterocycles. The minimum Gasteiger partial charge on any atom is -0.779 e. The van der Waals surface area contributed by atoms with Gasteiger partial charge in [-0.1, -0.05) is 68.3 Å². The molecule has 2 aromatic rings. The Balaban J connectivity index is 0.000000284. The SMILES string of the molecule is [S-]c1ccccc1Br.[S-]c1ccccc1Br.[Zn+2]. The second-order valence-corrected chi connectivity index (χ2v) is 5.45. The zero-order valence-corrected chi connectivity index (χ0v) is 16.7. The van der Waals surface area contributed by atoms with Crippen LogP contribution in [0.15, 0.2) is 67.3 Å². The van der Waals surface area contributed by atoms with E-state index in [2.05, 4.69) is 31.9 Å². The van der Waals surface area contributed by atoms with E-state index >= 15 is 0 Å². The van der Waals surface area contributed by atoms with Crippen LogP contribution in [0.3, 0.4) is 0 Å². The van der Waals surface area contributed by atoms with Gasteiger partial charge < -0.3 is 25.3 Å². The molecule has 0 N–H and O–H groups in total. The Morgan fingerprint density at radius 1 is 0.647 bits per heavy atom. The summed E-state index contributed by atoms with van der Waals surface area (Å²) in [7, 11) is 0. The standard InChI is InChI=1S/2C6H5BrS.Zn/c2*7-5-3-1-2-4-6(5)8;/h2*1-4,8H;/q;;+2/p-2. The first-order valence-corrected chi connectivity index (χ1v) is 6.84. The molecule has 0 aliphatic rings. The number of benzene rings is 2. The molecular formula is C12H8Br2S2Zn. The molecule has 0 unspecified atom stereocenters. The zero-order chi connectivity index (χ0) is 12.0. The first kappa shape index (κ1) is 17.5. The van der Waals surface area contributed by atoms with Crippen LogP contribution in [0.25, 0.3) is 0 Å². The molecule has 5 heteroatoms. The summed E-state index contributed by atoms with van der Waals surface area (Å²) in [6.45, 7) is 0.